The van der Waals surface area contributed by atoms with Crippen LogP contribution in [0.2, 0.25) is 10.0 Å². The van der Waals surface area contributed by atoms with Gasteiger partial charge in [-0.05, 0) is 49.2 Å². The quantitative estimate of drug-likeness (QED) is 0.780. The van der Waals surface area contributed by atoms with Crippen molar-refractivity contribution in [2.24, 2.45) is 0 Å². The van der Waals surface area contributed by atoms with E-state index in [-0.39, 0.29) is 0 Å². The Bertz CT molecular complexity index is 892. The molecule has 0 aromatic heterocycles. The second-order valence-electron chi connectivity index (χ2n) is 6.26. The first-order valence-electron chi connectivity index (χ1n) is 8.06. The molecule has 0 unspecified atom stereocenters. The summed E-state index contributed by atoms with van der Waals surface area (Å²) in [4.78, 5) is 2.49. The number of hydrogen-bond acceptors (Lipinski definition) is 3. The van der Waals surface area contributed by atoms with Crippen molar-refractivity contribution in [2.75, 3.05) is 31.1 Å². The molecule has 25 heavy (non-hydrogen) atoms. The van der Waals surface area contributed by atoms with E-state index in [1.807, 2.05) is 32.0 Å². The van der Waals surface area contributed by atoms with Gasteiger partial charge < -0.3 is 4.90 Å². The standard InChI is InChI=1S/C18H20Cl2N2O2S/c1-13-3-4-14(2)18(11-13)25(23,24)22-9-7-21(8-10-22)17-6-5-15(19)12-16(17)20/h3-6,11-12H,7-10H2,1-2H3. The third-order valence-electron chi connectivity index (χ3n) is 4.45. The molecule has 1 heterocycles. The summed E-state index contributed by atoms with van der Waals surface area (Å²) in [5.41, 5.74) is 2.60. The summed E-state index contributed by atoms with van der Waals surface area (Å²) >= 11 is 12.2. The summed E-state index contributed by atoms with van der Waals surface area (Å²) < 4.78 is 27.5. The number of aryl methyl sites for hydroxylation is 2. The van der Waals surface area contributed by atoms with Gasteiger partial charge in [0.1, 0.15) is 0 Å². The Kier molecular flexibility index (Phi) is 5.30. The normalized spacial score (nSPS) is 16.2. The van der Waals surface area contributed by atoms with Gasteiger partial charge in [-0.15, -0.1) is 0 Å². The van der Waals surface area contributed by atoms with E-state index in [0.29, 0.717) is 41.1 Å². The third-order valence-corrected chi connectivity index (χ3v) is 7.03. The van der Waals surface area contributed by atoms with Crippen molar-refractivity contribution in [3.8, 4) is 0 Å². The van der Waals surface area contributed by atoms with Gasteiger partial charge in [-0.3, -0.25) is 0 Å². The minimum Gasteiger partial charge on any atom is -0.368 e. The van der Waals surface area contributed by atoms with E-state index in [2.05, 4.69) is 4.90 Å². The van der Waals surface area contributed by atoms with Crippen LogP contribution in [0.3, 0.4) is 0 Å². The maximum absolute atomic E-state index is 13.0. The second-order valence-corrected chi connectivity index (χ2v) is 9.01. The number of halogens is 2. The van der Waals surface area contributed by atoms with Gasteiger partial charge >= 0.3 is 0 Å². The van der Waals surface area contributed by atoms with Crippen molar-refractivity contribution in [1.29, 1.82) is 0 Å². The molecule has 0 N–H and O–H groups in total. The molecule has 0 amide bonds. The summed E-state index contributed by atoms with van der Waals surface area (Å²) in [6.07, 6.45) is 0. The van der Waals surface area contributed by atoms with Crippen LogP contribution in [0.1, 0.15) is 11.1 Å². The van der Waals surface area contributed by atoms with Gasteiger partial charge in [-0.1, -0.05) is 35.3 Å². The SMILES string of the molecule is Cc1ccc(C)c(S(=O)(=O)N2CCN(c3ccc(Cl)cc3Cl)CC2)c1. The zero-order valence-corrected chi connectivity index (χ0v) is 16.5. The fraction of sp³-hybridized carbons (Fsp3) is 0.333. The van der Waals surface area contributed by atoms with Gasteiger partial charge in [0, 0.05) is 31.2 Å². The molecule has 3 rings (SSSR count). The van der Waals surface area contributed by atoms with Gasteiger partial charge in [0.05, 0.1) is 15.6 Å². The van der Waals surface area contributed by atoms with E-state index < -0.39 is 10.0 Å². The number of hydrogen-bond donors (Lipinski definition) is 0. The average molecular weight is 399 g/mol. The van der Waals surface area contributed by atoms with Crippen LogP contribution in [0.25, 0.3) is 0 Å². The molecule has 134 valence electrons. The molecule has 0 aliphatic carbocycles. The molecule has 1 fully saturated rings. The van der Waals surface area contributed by atoms with Crippen molar-refractivity contribution in [2.45, 2.75) is 18.7 Å². The predicted molar refractivity (Wildman–Crippen MR) is 103 cm³/mol. The lowest BCUT2D eigenvalue weighted by atomic mass is 10.2. The summed E-state index contributed by atoms with van der Waals surface area (Å²) in [7, 11) is -3.49. The van der Waals surface area contributed by atoms with Gasteiger partial charge in [0.2, 0.25) is 10.0 Å². The number of anilines is 1. The molecular weight excluding hydrogens is 379 g/mol. The minimum absolute atomic E-state index is 0.394. The number of sulfonamides is 1. The van der Waals surface area contributed by atoms with Crippen LogP contribution in [-0.4, -0.2) is 38.9 Å². The highest BCUT2D eigenvalue weighted by Crippen LogP contribution is 2.30. The van der Waals surface area contributed by atoms with Gasteiger partial charge in [0.25, 0.3) is 0 Å². The zero-order valence-electron chi connectivity index (χ0n) is 14.2. The fourth-order valence-corrected chi connectivity index (χ4v) is 5.29. The van der Waals surface area contributed by atoms with Crippen molar-refractivity contribution in [1.82, 2.24) is 4.31 Å². The topological polar surface area (TPSA) is 40.6 Å². The molecule has 0 radical (unpaired) electrons. The van der Waals surface area contributed by atoms with E-state index in [4.69, 9.17) is 23.2 Å². The highest BCUT2D eigenvalue weighted by atomic mass is 35.5. The summed E-state index contributed by atoms with van der Waals surface area (Å²) in [5, 5.41) is 1.17. The number of rotatable bonds is 3. The average Bonchev–Trinajstić information content (AvgIpc) is 2.57. The largest absolute Gasteiger partial charge is 0.368 e. The number of nitrogens with zero attached hydrogens (tertiary/aromatic N) is 2. The first kappa shape index (κ1) is 18.5. The monoisotopic (exact) mass is 398 g/mol. The van der Waals surface area contributed by atoms with Crippen LogP contribution in [0.4, 0.5) is 5.69 Å². The highest BCUT2D eigenvalue weighted by molar-refractivity contribution is 7.89. The van der Waals surface area contributed by atoms with E-state index in [1.165, 1.54) is 0 Å². The molecule has 4 nitrogen and oxygen atoms in total. The maximum atomic E-state index is 13.0. The van der Waals surface area contributed by atoms with Crippen molar-refractivity contribution in [3.05, 3.63) is 57.6 Å². The molecule has 1 aliphatic heterocycles. The van der Waals surface area contributed by atoms with Crippen LogP contribution in [0, 0.1) is 13.8 Å². The van der Waals surface area contributed by atoms with Gasteiger partial charge in [-0.2, -0.15) is 4.31 Å². The Labute approximate surface area is 159 Å². The van der Waals surface area contributed by atoms with Crippen LogP contribution in [0.15, 0.2) is 41.3 Å². The van der Waals surface area contributed by atoms with Crippen LogP contribution in [0.5, 0.6) is 0 Å². The lowest BCUT2D eigenvalue weighted by Crippen LogP contribution is -2.48. The lowest BCUT2D eigenvalue weighted by molar-refractivity contribution is 0.384. The Hall–Kier alpha value is -1.27. The maximum Gasteiger partial charge on any atom is 0.243 e. The summed E-state index contributed by atoms with van der Waals surface area (Å²) in [6, 6.07) is 10.9. The highest BCUT2D eigenvalue weighted by Gasteiger charge is 2.30. The first-order chi connectivity index (χ1) is 11.8. The molecule has 0 bridgehead atoms. The summed E-state index contributed by atoms with van der Waals surface area (Å²) in [6.45, 7) is 5.76. The van der Waals surface area contributed by atoms with Gasteiger partial charge in [-0.25, -0.2) is 8.42 Å². The predicted octanol–water partition coefficient (Wildman–Crippen LogP) is 4.12. The van der Waals surface area contributed by atoms with Crippen LogP contribution in [-0.2, 0) is 10.0 Å². The zero-order chi connectivity index (χ0) is 18.2. The molecule has 7 heteroatoms. The Balaban J connectivity index is 1.78. The Morgan fingerprint density at radius 3 is 2.24 bits per heavy atom. The first-order valence-corrected chi connectivity index (χ1v) is 10.3. The van der Waals surface area contributed by atoms with Crippen molar-refractivity contribution < 1.29 is 8.42 Å². The fourth-order valence-electron chi connectivity index (χ4n) is 3.03. The molecule has 0 atom stereocenters. The van der Waals surface area contributed by atoms with E-state index in [1.54, 1.807) is 22.5 Å². The minimum atomic E-state index is -3.49. The number of piperazine rings is 1. The van der Waals surface area contributed by atoms with Crippen molar-refractivity contribution >= 4 is 38.9 Å². The van der Waals surface area contributed by atoms with Crippen LogP contribution >= 0.6 is 23.2 Å². The lowest BCUT2D eigenvalue weighted by Gasteiger charge is -2.36. The third kappa shape index (κ3) is 3.80. The summed E-state index contributed by atoms with van der Waals surface area (Å²) in [5.74, 6) is 0. The number of benzene rings is 2. The molecule has 2 aromatic carbocycles. The van der Waals surface area contributed by atoms with Crippen LogP contribution < -0.4 is 4.90 Å². The molecule has 2 aromatic rings. The molecule has 0 spiro atoms. The molecule has 1 saturated heterocycles. The van der Waals surface area contributed by atoms with E-state index in [0.717, 1.165) is 16.8 Å². The second kappa shape index (κ2) is 7.16. The molecule has 1 aliphatic rings. The van der Waals surface area contributed by atoms with Crippen molar-refractivity contribution in [3.63, 3.8) is 0 Å². The molecule has 0 saturated carbocycles. The molecular formula is C18H20Cl2N2O2S. The Morgan fingerprint density at radius 2 is 1.60 bits per heavy atom. The van der Waals surface area contributed by atoms with E-state index in [9.17, 15) is 8.42 Å². The Morgan fingerprint density at radius 1 is 0.920 bits per heavy atom. The smallest absolute Gasteiger partial charge is 0.243 e. The van der Waals surface area contributed by atoms with E-state index >= 15 is 0 Å². The van der Waals surface area contributed by atoms with Gasteiger partial charge in [0.15, 0.2) is 0 Å².